The Labute approximate surface area is 125 Å². The first kappa shape index (κ1) is 15.0. The monoisotopic (exact) mass is 284 g/mol. The number of carbonyl (C=O) groups excluding carboxylic acids is 1. The van der Waals surface area contributed by atoms with Crippen molar-refractivity contribution in [3.05, 3.63) is 52.4 Å². The van der Waals surface area contributed by atoms with Crippen molar-refractivity contribution in [1.82, 2.24) is 9.78 Å². The third kappa shape index (κ3) is 3.05. The lowest BCUT2D eigenvalue weighted by molar-refractivity contribution is 0.104. The molecule has 0 saturated heterocycles. The second-order valence-electron chi connectivity index (χ2n) is 5.11. The Morgan fingerprint density at radius 3 is 2.57 bits per heavy atom. The van der Waals surface area contributed by atoms with Crippen molar-refractivity contribution in [3.8, 4) is 5.75 Å². The van der Waals surface area contributed by atoms with Crippen molar-refractivity contribution in [2.24, 2.45) is 7.05 Å². The van der Waals surface area contributed by atoms with Crippen LogP contribution < -0.4 is 4.74 Å². The van der Waals surface area contributed by atoms with Crippen molar-refractivity contribution < 1.29 is 9.53 Å². The molecule has 0 saturated carbocycles. The van der Waals surface area contributed by atoms with Gasteiger partial charge < -0.3 is 4.74 Å². The van der Waals surface area contributed by atoms with Crippen LogP contribution in [-0.2, 0) is 7.05 Å². The summed E-state index contributed by atoms with van der Waals surface area (Å²) in [5.74, 6) is 0.714. The molecule has 0 bridgehead atoms. The van der Waals surface area contributed by atoms with Crippen LogP contribution in [0.15, 0.2) is 24.3 Å². The molecule has 1 heterocycles. The van der Waals surface area contributed by atoms with Gasteiger partial charge in [-0.15, -0.1) is 0 Å². The fourth-order valence-electron chi connectivity index (χ4n) is 2.36. The maximum absolute atomic E-state index is 12.4. The summed E-state index contributed by atoms with van der Waals surface area (Å²) in [5.41, 5.74) is 4.31. The van der Waals surface area contributed by atoms with Crippen LogP contribution in [0.1, 0.15) is 32.9 Å². The summed E-state index contributed by atoms with van der Waals surface area (Å²) in [6, 6.07) is 5.87. The SMILES string of the molecule is COc1ccc(C)cc1/C=C/C(=O)c1c(C)nn(C)c1C. The first-order valence-electron chi connectivity index (χ1n) is 6.81. The number of allylic oxidation sites excluding steroid dienone is 1. The summed E-state index contributed by atoms with van der Waals surface area (Å²) in [4.78, 5) is 12.4. The molecule has 4 nitrogen and oxygen atoms in total. The van der Waals surface area contributed by atoms with E-state index < -0.39 is 0 Å². The van der Waals surface area contributed by atoms with Gasteiger partial charge in [-0.2, -0.15) is 5.10 Å². The smallest absolute Gasteiger partial charge is 0.189 e. The van der Waals surface area contributed by atoms with E-state index in [0.29, 0.717) is 5.56 Å². The van der Waals surface area contributed by atoms with Crippen LogP contribution in [0.3, 0.4) is 0 Å². The van der Waals surface area contributed by atoms with E-state index in [1.165, 1.54) is 0 Å². The maximum atomic E-state index is 12.4. The molecule has 0 spiro atoms. The van der Waals surface area contributed by atoms with E-state index in [1.54, 1.807) is 23.9 Å². The number of methoxy groups -OCH3 is 1. The molecule has 4 heteroatoms. The highest BCUT2D eigenvalue weighted by atomic mass is 16.5. The number of ether oxygens (including phenoxy) is 1. The Morgan fingerprint density at radius 2 is 2.00 bits per heavy atom. The topological polar surface area (TPSA) is 44.1 Å². The Kier molecular flexibility index (Phi) is 4.26. The summed E-state index contributed by atoms with van der Waals surface area (Å²) >= 11 is 0. The second-order valence-corrected chi connectivity index (χ2v) is 5.11. The van der Waals surface area contributed by atoms with Gasteiger partial charge in [-0.1, -0.05) is 11.6 Å². The summed E-state index contributed by atoms with van der Waals surface area (Å²) in [5, 5.41) is 4.27. The van der Waals surface area contributed by atoms with Crippen LogP contribution in [-0.4, -0.2) is 22.7 Å². The van der Waals surface area contributed by atoms with Gasteiger partial charge in [0.15, 0.2) is 5.78 Å². The number of hydrogen-bond acceptors (Lipinski definition) is 3. The first-order chi connectivity index (χ1) is 9.93. The number of ketones is 1. The number of benzene rings is 1. The minimum Gasteiger partial charge on any atom is -0.496 e. The molecule has 0 aliphatic carbocycles. The van der Waals surface area contributed by atoms with Crippen molar-refractivity contribution in [2.45, 2.75) is 20.8 Å². The van der Waals surface area contributed by atoms with Crippen LogP contribution in [0.4, 0.5) is 0 Å². The van der Waals surface area contributed by atoms with Gasteiger partial charge in [0.2, 0.25) is 0 Å². The molecule has 0 atom stereocenters. The lowest BCUT2D eigenvalue weighted by atomic mass is 10.1. The van der Waals surface area contributed by atoms with E-state index in [0.717, 1.165) is 28.3 Å². The molecule has 0 radical (unpaired) electrons. The van der Waals surface area contributed by atoms with Gasteiger partial charge in [0.05, 0.1) is 18.4 Å². The van der Waals surface area contributed by atoms with Crippen LogP contribution in [0.2, 0.25) is 0 Å². The molecule has 2 rings (SSSR count). The highest BCUT2D eigenvalue weighted by molar-refractivity contribution is 6.08. The molecule has 0 amide bonds. The van der Waals surface area contributed by atoms with Gasteiger partial charge >= 0.3 is 0 Å². The Hall–Kier alpha value is -2.36. The van der Waals surface area contributed by atoms with Crippen molar-refractivity contribution in [3.63, 3.8) is 0 Å². The maximum Gasteiger partial charge on any atom is 0.189 e. The van der Waals surface area contributed by atoms with Gasteiger partial charge in [-0.3, -0.25) is 9.48 Å². The van der Waals surface area contributed by atoms with E-state index in [-0.39, 0.29) is 5.78 Å². The number of aromatic nitrogens is 2. The molecule has 0 aliphatic heterocycles. The minimum atomic E-state index is -0.0401. The molecule has 0 unspecified atom stereocenters. The summed E-state index contributed by atoms with van der Waals surface area (Å²) < 4.78 is 7.04. The number of carbonyl (C=O) groups is 1. The molecule has 0 aliphatic rings. The lowest BCUT2D eigenvalue weighted by Gasteiger charge is -2.05. The second kappa shape index (κ2) is 5.95. The van der Waals surface area contributed by atoms with Gasteiger partial charge in [-0.25, -0.2) is 0 Å². The number of aryl methyl sites for hydroxylation is 3. The van der Waals surface area contributed by atoms with Crippen LogP contribution in [0, 0.1) is 20.8 Å². The van der Waals surface area contributed by atoms with Crippen LogP contribution in [0.25, 0.3) is 6.08 Å². The van der Waals surface area contributed by atoms with Gasteiger partial charge in [0.25, 0.3) is 0 Å². The molecule has 110 valence electrons. The molecule has 21 heavy (non-hydrogen) atoms. The summed E-state index contributed by atoms with van der Waals surface area (Å²) in [6.07, 6.45) is 3.37. The van der Waals surface area contributed by atoms with E-state index in [1.807, 2.05) is 46.0 Å². The van der Waals surface area contributed by atoms with Crippen LogP contribution >= 0.6 is 0 Å². The van der Waals surface area contributed by atoms with E-state index in [2.05, 4.69) is 5.10 Å². The normalized spacial score (nSPS) is 11.1. The summed E-state index contributed by atoms with van der Waals surface area (Å²) in [6.45, 7) is 5.75. The molecular weight excluding hydrogens is 264 g/mol. The first-order valence-corrected chi connectivity index (χ1v) is 6.81. The summed E-state index contributed by atoms with van der Waals surface area (Å²) in [7, 11) is 3.46. The number of hydrogen-bond donors (Lipinski definition) is 0. The third-order valence-electron chi connectivity index (χ3n) is 3.55. The lowest BCUT2D eigenvalue weighted by Crippen LogP contribution is -1.99. The highest BCUT2D eigenvalue weighted by Gasteiger charge is 2.14. The molecule has 0 fully saturated rings. The fraction of sp³-hybridized carbons (Fsp3) is 0.294. The van der Waals surface area contributed by atoms with E-state index in [9.17, 15) is 4.79 Å². The molecule has 0 N–H and O–H groups in total. The molecule has 2 aromatic rings. The molecular formula is C17H20N2O2. The van der Waals surface area contributed by atoms with Crippen LogP contribution in [0.5, 0.6) is 5.75 Å². The van der Waals surface area contributed by atoms with E-state index in [4.69, 9.17) is 4.74 Å². The van der Waals surface area contributed by atoms with Crippen molar-refractivity contribution in [2.75, 3.05) is 7.11 Å². The zero-order valence-electron chi connectivity index (χ0n) is 13.1. The Bertz CT molecular complexity index is 712. The van der Waals surface area contributed by atoms with Gasteiger partial charge in [0.1, 0.15) is 5.75 Å². The Balaban J connectivity index is 2.33. The number of nitrogens with zero attached hydrogens (tertiary/aromatic N) is 2. The molecule has 1 aromatic carbocycles. The predicted octanol–water partition coefficient (Wildman–Crippen LogP) is 3.25. The zero-order valence-corrected chi connectivity index (χ0v) is 13.1. The highest BCUT2D eigenvalue weighted by Crippen LogP contribution is 2.22. The molecule has 1 aromatic heterocycles. The predicted molar refractivity (Wildman–Crippen MR) is 83.8 cm³/mol. The fourth-order valence-corrected chi connectivity index (χ4v) is 2.36. The average Bonchev–Trinajstić information content (AvgIpc) is 2.70. The number of rotatable bonds is 4. The van der Waals surface area contributed by atoms with Crippen molar-refractivity contribution >= 4 is 11.9 Å². The Morgan fingerprint density at radius 1 is 1.29 bits per heavy atom. The van der Waals surface area contributed by atoms with Crippen molar-refractivity contribution in [1.29, 1.82) is 0 Å². The zero-order chi connectivity index (χ0) is 15.6. The average molecular weight is 284 g/mol. The third-order valence-corrected chi connectivity index (χ3v) is 3.55. The van der Waals surface area contributed by atoms with Gasteiger partial charge in [0, 0.05) is 18.3 Å². The minimum absolute atomic E-state index is 0.0401. The quantitative estimate of drug-likeness (QED) is 0.639. The standard InChI is InChI=1S/C17H20N2O2/c1-11-6-9-16(21-5)14(10-11)7-8-15(20)17-12(2)18-19(4)13(17)3/h6-10H,1-5H3/b8-7+. The van der Waals surface area contributed by atoms with Gasteiger partial charge in [-0.05, 0) is 45.1 Å². The largest absolute Gasteiger partial charge is 0.496 e. The van der Waals surface area contributed by atoms with E-state index >= 15 is 0 Å².